The van der Waals surface area contributed by atoms with Crippen LogP contribution in [0.4, 0.5) is 0 Å². The third-order valence-electron chi connectivity index (χ3n) is 4.64. The summed E-state index contributed by atoms with van der Waals surface area (Å²) in [6, 6.07) is 13.1. The van der Waals surface area contributed by atoms with Gasteiger partial charge in [-0.2, -0.15) is 9.94 Å². The fourth-order valence-electron chi connectivity index (χ4n) is 3.07. The first-order valence-electron chi connectivity index (χ1n) is 9.32. The Labute approximate surface area is 174 Å². The number of aromatic nitrogens is 5. The Kier molecular flexibility index (Phi) is 6.72. The molecule has 9 nitrogen and oxygen atoms in total. The molecule has 0 bridgehead atoms. The molecule has 9 heteroatoms. The first-order chi connectivity index (χ1) is 14.5. The van der Waals surface area contributed by atoms with Crippen LogP contribution < -0.4 is 0 Å². The van der Waals surface area contributed by atoms with Gasteiger partial charge in [0.25, 0.3) is 0 Å². The molecular formula is C21H22N6O3. The first-order valence-corrected chi connectivity index (χ1v) is 9.32. The van der Waals surface area contributed by atoms with Crippen molar-refractivity contribution in [1.82, 2.24) is 24.8 Å². The van der Waals surface area contributed by atoms with E-state index in [1.165, 1.54) is 10.8 Å². The van der Waals surface area contributed by atoms with Gasteiger partial charge in [-0.25, -0.2) is 4.79 Å². The van der Waals surface area contributed by atoms with E-state index in [1.807, 2.05) is 56.3 Å². The number of carbonyl (C=O) groups is 1. The van der Waals surface area contributed by atoms with Gasteiger partial charge in [-0.05, 0) is 54.1 Å². The number of ether oxygens (including phenoxy) is 2. The molecule has 0 radical (unpaired) electrons. The smallest absolute Gasteiger partial charge is 0.349 e. The van der Waals surface area contributed by atoms with Crippen LogP contribution in [0.25, 0.3) is 11.8 Å². The molecule has 0 N–H and O–H groups in total. The third-order valence-corrected chi connectivity index (χ3v) is 4.64. The predicted molar refractivity (Wildman–Crippen MR) is 108 cm³/mol. The summed E-state index contributed by atoms with van der Waals surface area (Å²) >= 11 is 0. The van der Waals surface area contributed by atoms with Crippen LogP contribution >= 0.6 is 0 Å². The molecule has 0 fully saturated rings. The highest BCUT2D eigenvalue weighted by Crippen LogP contribution is 2.19. The second kappa shape index (κ2) is 9.62. The quantitative estimate of drug-likeness (QED) is 0.321. The number of carbonyl (C=O) groups excluding carboxylic acids is 1. The van der Waals surface area contributed by atoms with E-state index >= 15 is 0 Å². The minimum Gasteiger partial charge on any atom is -0.453 e. The van der Waals surface area contributed by atoms with Crippen molar-refractivity contribution in [2.24, 2.45) is 0 Å². The van der Waals surface area contributed by atoms with Crippen LogP contribution in [0.15, 0.2) is 42.0 Å². The molecule has 0 spiro atoms. The predicted octanol–water partition coefficient (Wildman–Crippen LogP) is 2.38. The van der Waals surface area contributed by atoms with Gasteiger partial charge < -0.3 is 14.0 Å². The van der Waals surface area contributed by atoms with E-state index in [-0.39, 0.29) is 12.2 Å². The summed E-state index contributed by atoms with van der Waals surface area (Å²) in [6.45, 7) is 5.00. The number of methoxy groups -OCH3 is 1. The number of hydrogen-bond donors (Lipinski definition) is 0. The van der Waals surface area contributed by atoms with Crippen molar-refractivity contribution in [1.29, 1.82) is 5.26 Å². The van der Waals surface area contributed by atoms with E-state index in [0.29, 0.717) is 19.0 Å². The molecule has 154 valence electrons. The molecule has 1 aromatic carbocycles. The van der Waals surface area contributed by atoms with Gasteiger partial charge in [-0.15, -0.1) is 5.10 Å². The van der Waals surface area contributed by atoms with Crippen molar-refractivity contribution in [2.45, 2.75) is 27.0 Å². The zero-order chi connectivity index (χ0) is 21.5. The molecule has 0 aliphatic rings. The average Bonchev–Trinajstić information content (AvgIpc) is 3.33. The second-order valence-corrected chi connectivity index (χ2v) is 6.56. The Hall–Kier alpha value is -3.77. The summed E-state index contributed by atoms with van der Waals surface area (Å²) in [7, 11) is 1.65. The molecule has 2 aromatic heterocycles. The molecule has 3 aromatic rings. The van der Waals surface area contributed by atoms with Gasteiger partial charge in [0.15, 0.2) is 12.4 Å². The van der Waals surface area contributed by atoms with Crippen LogP contribution in [-0.2, 0) is 27.4 Å². The minimum atomic E-state index is -0.734. The fraction of sp³-hybridized carbons (Fsp3) is 0.286. The van der Waals surface area contributed by atoms with E-state index in [2.05, 4.69) is 20.1 Å². The summed E-state index contributed by atoms with van der Waals surface area (Å²) in [6.07, 6.45) is 1.54. The number of nitriles is 1. The van der Waals surface area contributed by atoms with Crippen LogP contribution in [0.2, 0.25) is 0 Å². The molecule has 0 aliphatic carbocycles. The van der Waals surface area contributed by atoms with Crippen LogP contribution in [0.3, 0.4) is 0 Å². The molecule has 2 heterocycles. The largest absolute Gasteiger partial charge is 0.453 e. The third kappa shape index (κ3) is 4.61. The van der Waals surface area contributed by atoms with Crippen LogP contribution in [0.1, 0.15) is 22.8 Å². The Balaban J connectivity index is 1.74. The molecule has 0 amide bonds. The van der Waals surface area contributed by atoms with Gasteiger partial charge in [0.1, 0.15) is 11.6 Å². The summed E-state index contributed by atoms with van der Waals surface area (Å²) < 4.78 is 14.0. The second-order valence-electron chi connectivity index (χ2n) is 6.56. The highest BCUT2D eigenvalue weighted by Gasteiger charge is 2.16. The van der Waals surface area contributed by atoms with Crippen LogP contribution in [-0.4, -0.2) is 44.5 Å². The number of tetrazole rings is 1. The topological polar surface area (TPSA) is 108 Å². The summed E-state index contributed by atoms with van der Waals surface area (Å²) in [5.41, 5.74) is 3.39. The number of rotatable bonds is 8. The monoisotopic (exact) mass is 406 g/mol. The SMILES string of the molecule is COCCn1c(C)cc(/C=C(\C#N)C(=O)OCc2nnnn2-c2ccccc2)c1C. The highest BCUT2D eigenvalue weighted by molar-refractivity contribution is 5.98. The minimum absolute atomic E-state index is 0.0965. The number of esters is 1. The lowest BCUT2D eigenvalue weighted by atomic mass is 10.1. The molecule has 0 saturated heterocycles. The van der Waals surface area contributed by atoms with Gasteiger partial charge in [-0.1, -0.05) is 18.2 Å². The van der Waals surface area contributed by atoms with E-state index in [4.69, 9.17) is 9.47 Å². The maximum absolute atomic E-state index is 12.5. The lowest BCUT2D eigenvalue weighted by Gasteiger charge is -2.08. The number of nitrogens with zero attached hydrogens (tertiary/aromatic N) is 6. The maximum atomic E-state index is 12.5. The van der Waals surface area contributed by atoms with Crippen LogP contribution in [0, 0.1) is 25.2 Å². The maximum Gasteiger partial charge on any atom is 0.349 e. The Morgan fingerprint density at radius 1 is 1.27 bits per heavy atom. The van der Waals surface area contributed by atoms with E-state index in [1.54, 1.807) is 7.11 Å². The fourth-order valence-corrected chi connectivity index (χ4v) is 3.07. The Bertz CT molecular complexity index is 1090. The van der Waals surface area contributed by atoms with Crippen molar-refractivity contribution in [3.05, 3.63) is 64.7 Å². The van der Waals surface area contributed by atoms with Gasteiger partial charge in [0.2, 0.25) is 0 Å². The van der Waals surface area contributed by atoms with E-state index < -0.39 is 5.97 Å². The number of hydrogen-bond acceptors (Lipinski definition) is 7. The van der Waals surface area contributed by atoms with Gasteiger partial charge in [0, 0.05) is 25.0 Å². The van der Waals surface area contributed by atoms with Crippen molar-refractivity contribution < 1.29 is 14.3 Å². The Morgan fingerprint density at radius 3 is 2.73 bits per heavy atom. The number of aryl methyl sites for hydroxylation is 1. The average molecular weight is 406 g/mol. The van der Waals surface area contributed by atoms with Crippen molar-refractivity contribution >= 4 is 12.0 Å². The molecule has 30 heavy (non-hydrogen) atoms. The molecule has 0 saturated carbocycles. The summed E-state index contributed by atoms with van der Waals surface area (Å²) in [5, 5.41) is 20.9. The molecule has 0 aliphatic heterocycles. The lowest BCUT2D eigenvalue weighted by Crippen LogP contribution is -2.11. The van der Waals surface area contributed by atoms with Crippen LogP contribution in [0.5, 0.6) is 0 Å². The summed E-state index contributed by atoms with van der Waals surface area (Å²) in [5.74, 6) is -0.383. The van der Waals surface area contributed by atoms with Crippen molar-refractivity contribution in [2.75, 3.05) is 13.7 Å². The number of benzene rings is 1. The molecule has 0 atom stereocenters. The standard InChI is InChI=1S/C21H22N6O3/c1-15-11-17(16(2)26(15)9-10-29-3)12-18(13-22)21(28)30-14-20-23-24-25-27(20)19-7-5-4-6-8-19/h4-8,11-12H,9-10,14H2,1-3H3/b18-12+. The summed E-state index contributed by atoms with van der Waals surface area (Å²) in [4.78, 5) is 12.5. The van der Waals surface area contributed by atoms with Gasteiger partial charge in [-0.3, -0.25) is 0 Å². The highest BCUT2D eigenvalue weighted by atomic mass is 16.5. The van der Waals surface area contributed by atoms with Gasteiger partial charge in [0.05, 0.1) is 12.3 Å². The zero-order valence-corrected chi connectivity index (χ0v) is 17.1. The van der Waals surface area contributed by atoms with Crippen molar-refractivity contribution in [3.8, 4) is 11.8 Å². The molecule has 3 rings (SSSR count). The normalized spacial score (nSPS) is 11.3. The van der Waals surface area contributed by atoms with E-state index in [0.717, 1.165) is 22.6 Å². The molecular weight excluding hydrogens is 384 g/mol. The first kappa shape index (κ1) is 21.0. The lowest BCUT2D eigenvalue weighted by molar-refractivity contribution is -0.140. The zero-order valence-electron chi connectivity index (χ0n) is 17.1. The van der Waals surface area contributed by atoms with E-state index in [9.17, 15) is 10.1 Å². The van der Waals surface area contributed by atoms with Gasteiger partial charge >= 0.3 is 5.97 Å². The number of para-hydroxylation sites is 1. The molecule has 0 unspecified atom stereocenters. The Morgan fingerprint density at radius 2 is 2.03 bits per heavy atom. The van der Waals surface area contributed by atoms with Crippen molar-refractivity contribution in [3.63, 3.8) is 0 Å².